The molecule has 3 rings (SSSR count). The Morgan fingerprint density at radius 1 is 1.53 bits per heavy atom. The Hall–Kier alpha value is -1.87. The van der Waals surface area contributed by atoms with Crippen molar-refractivity contribution < 1.29 is 8.63 Å². The van der Waals surface area contributed by atoms with E-state index in [4.69, 9.17) is 15.4 Å². The molecule has 19 heavy (non-hydrogen) atoms. The van der Waals surface area contributed by atoms with Gasteiger partial charge in [-0.3, -0.25) is 0 Å². The fourth-order valence-corrected chi connectivity index (χ4v) is 3.53. The third-order valence-electron chi connectivity index (χ3n) is 3.44. The minimum absolute atomic E-state index is 0.0840. The van der Waals surface area contributed by atoms with Crippen molar-refractivity contribution in [1.29, 1.82) is 5.26 Å². The molecule has 0 aliphatic heterocycles. The standard InChI is InChI=1S/C13H13N3O2S/c14-6-5-13(3-4-13)8-19(17)12-16-10-2-1-9(15)7-11(10)18-12/h1-2,7H,3-5,8,15H2. The first kappa shape index (κ1) is 12.2. The molecule has 1 unspecified atom stereocenters. The number of rotatable bonds is 4. The van der Waals surface area contributed by atoms with Crippen molar-refractivity contribution in [2.45, 2.75) is 24.5 Å². The molecule has 1 fully saturated rings. The molecule has 0 radical (unpaired) electrons. The average Bonchev–Trinajstić information content (AvgIpc) is 2.98. The highest BCUT2D eigenvalue weighted by Gasteiger charge is 2.44. The van der Waals surface area contributed by atoms with Gasteiger partial charge in [0.15, 0.2) is 5.58 Å². The van der Waals surface area contributed by atoms with Gasteiger partial charge in [-0.1, -0.05) is 0 Å². The molecule has 2 aromatic rings. The van der Waals surface area contributed by atoms with Crippen LogP contribution in [0, 0.1) is 16.7 Å². The minimum Gasteiger partial charge on any atom is -0.430 e. The van der Waals surface area contributed by atoms with Crippen LogP contribution in [0.4, 0.5) is 5.69 Å². The zero-order valence-corrected chi connectivity index (χ0v) is 11.1. The van der Waals surface area contributed by atoms with E-state index in [0.717, 1.165) is 12.8 Å². The van der Waals surface area contributed by atoms with Crippen LogP contribution in [0.5, 0.6) is 0 Å². The summed E-state index contributed by atoms with van der Waals surface area (Å²) in [6.07, 6.45) is 2.37. The fourth-order valence-electron chi connectivity index (χ4n) is 2.07. The lowest BCUT2D eigenvalue weighted by Gasteiger charge is -2.07. The lowest BCUT2D eigenvalue weighted by atomic mass is 10.1. The summed E-state index contributed by atoms with van der Waals surface area (Å²) in [6.45, 7) is 0. The molecule has 6 heteroatoms. The van der Waals surface area contributed by atoms with Gasteiger partial charge < -0.3 is 10.2 Å². The molecule has 1 aliphatic carbocycles. The largest absolute Gasteiger partial charge is 0.430 e. The van der Waals surface area contributed by atoms with Gasteiger partial charge in [-0.25, -0.2) is 9.19 Å². The number of hydrogen-bond donors (Lipinski definition) is 1. The number of nitriles is 1. The molecule has 1 heterocycles. The summed E-state index contributed by atoms with van der Waals surface area (Å²) in [5.74, 6) is 0.447. The molecule has 0 amide bonds. The molecule has 1 aromatic carbocycles. The number of hydrogen-bond acceptors (Lipinski definition) is 5. The molecule has 1 saturated carbocycles. The molecule has 0 saturated heterocycles. The van der Waals surface area contributed by atoms with E-state index in [1.54, 1.807) is 18.2 Å². The third-order valence-corrected chi connectivity index (χ3v) is 4.87. The third kappa shape index (κ3) is 2.34. The molecule has 2 N–H and O–H groups in total. The molecule has 5 nitrogen and oxygen atoms in total. The van der Waals surface area contributed by atoms with Crippen LogP contribution in [-0.4, -0.2) is 14.9 Å². The number of nitrogen functional groups attached to an aromatic ring is 1. The van der Waals surface area contributed by atoms with E-state index >= 15 is 0 Å². The maximum Gasteiger partial charge on any atom is 0.287 e. The van der Waals surface area contributed by atoms with Crippen molar-refractivity contribution >= 4 is 27.6 Å². The minimum atomic E-state index is -1.30. The average molecular weight is 275 g/mol. The van der Waals surface area contributed by atoms with Crippen LogP contribution < -0.4 is 5.73 Å². The normalized spacial score (nSPS) is 18.1. The summed E-state index contributed by atoms with van der Waals surface area (Å²) >= 11 is 0. The number of oxazole rings is 1. The van der Waals surface area contributed by atoms with Gasteiger partial charge in [-0.2, -0.15) is 5.26 Å². The maximum absolute atomic E-state index is 12.2. The highest BCUT2D eigenvalue weighted by molar-refractivity contribution is 7.84. The Morgan fingerprint density at radius 3 is 3.00 bits per heavy atom. The first-order chi connectivity index (χ1) is 9.12. The second-order valence-corrected chi connectivity index (χ2v) is 6.36. The predicted octanol–water partition coefficient (Wildman–Crippen LogP) is 2.21. The van der Waals surface area contributed by atoms with E-state index in [1.165, 1.54) is 0 Å². The first-order valence-electron chi connectivity index (χ1n) is 6.03. The summed E-state index contributed by atoms with van der Waals surface area (Å²) in [7, 11) is -1.30. The summed E-state index contributed by atoms with van der Waals surface area (Å²) in [6, 6.07) is 7.31. The van der Waals surface area contributed by atoms with Crippen LogP contribution in [0.15, 0.2) is 27.8 Å². The number of aromatic nitrogens is 1. The van der Waals surface area contributed by atoms with Crippen LogP contribution in [0.2, 0.25) is 0 Å². The molecule has 1 aromatic heterocycles. The fraction of sp³-hybridized carbons (Fsp3) is 0.385. The Morgan fingerprint density at radius 2 is 2.32 bits per heavy atom. The Bertz CT molecular complexity index is 697. The van der Waals surface area contributed by atoms with Crippen LogP contribution in [-0.2, 0) is 10.8 Å². The smallest absolute Gasteiger partial charge is 0.287 e. The van der Waals surface area contributed by atoms with Crippen molar-refractivity contribution in [2.24, 2.45) is 5.41 Å². The van der Waals surface area contributed by atoms with E-state index in [0.29, 0.717) is 29.0 Å². The van der Waals surface area contributed by atoms with E-state index < -0.39 is 10.8 Å². The zero-order chi connectivity index (χ0) is 13.5. The Kier molecular flexibility index (Phi) is 2.79. The van der Waals surface area contributed by atoms with Crippen molar-refractivity contribution in [2.75, 3.05) is 11.5 Å². The summed E-state index contributed by atoms with van der Waals surface area (Å²) in [4.78, 5) is 4.22. The molecular formula is C13H13N3O2S. The van der Waals surface area contributed by atoms with Gasteiger partial charge in [0.2, 0.25) is 0 Å². The molecule has 98 valence electrons. The summed E-state index contributed by atoms with van der Waals surface area (Å²) in [5, 5.41) is 8.99. The Balaban J connectivity index is 1.84. The van der Waals surface area contributed by atoms with E-state index in [1.807, 2.05) is 0 Å². The van der Waals surface area contributed by atoms with Gasteiger partial charge in [-0.05, 0) is 30.4 Å². The second-order valence-electron chi connectivity index (χ2n) is 5.03. The van der Waals surface area contributed by atoms with Gasteiger partial charge >= 0.3 is 0 Å². The molecule has 1 aliphatic rings. The van der Waals surface area contributed by atoms with Crippen molar-refractivity contribution in [3.8, 4) is 6.07 Å². The zero-order valence-electron chi connectivity index (χ0n) is 10.3. The first-order valence-corrected chi connectivity index (χ1v) is 7.35. The monoisotopic (exact) mass is 275 g/mol. The van der Waals surface area contributed by atoms with Gasteiger partial charge in [0.05, 0.1) is 6.07 Å². The van der Waals surface area contributed by atoms with Crippen LogP contribution >= 0.6 is 0 Å². The highest BCUT2D eigenvalue weighted by Crippen LogP contribution is 2.49. The molecule has 1 atom stereocenters. The lowest BCUT2D eigenvalue weighted by Crippen LogP contribution is -2.12. The maximum atomic E-state index is 12.2. The van der Waals surface area contributed by atoms with Crippen molar-refractivity contribution in [3.05, 3.63) is 18.2 Å². The quantitative estimate of drug-likeness (QED) is 0.863. The number of anilines is 1. The van der Waals surface area contributed by atoms with Crippen molar-refractivity contribution in [1.82, 2.24) is 4.98 Å². The van der Waals surface area contributed by atoms with Crippen LogP contribution in [0.3, 0.4) is 0 Å². The SMILES string of the molecule is N#CCC1(CS(=O)c2nc3ccc(N)cc3o2)CC1. The topological polar surface area (TPSA) is 92.9 Å². The predicted molar refractivity (Wildman–Crippen MR) is 71.6 cm³/mol. The van der Waals surface area contributed by atoms with Gasteiger partial charge in [0, 0.05) is 23.9 Å². The second kappa shape index (κ2) is 4.35. The number of fused-ring (bicyclic) bond motifs is 1. The number of nitrogens with zero attached hydrogens (tertiary/aromatic N) is 2. The van der Waals surface area contributed by atoms with Crippen LogP contribution in [0.25, 0.3) is 11.1 Å². The van der Waals surface area contributed by atoms with Crippen LogP contribution in [0.1, 0.15) is 19.3 Å². The van der Waals surface area contributed by atoms with E-state index in [-0.39, 0.29) is 10.6 Å². The van der Waals surface area contributed by atoms with Crippen molar-refractivity contribution in [3.63, 3.8) is 0 Å². The lowest BCUT2D eigenvalue weighted by molar-refractivity contribution is 0.473. The Labute approximate surface area is 112 Å². The highest BCUT2D eigenvalue weighted by atomic mass is 32.2. The van der Waals surface area contributed by atoms with Gasteiger partial charge in [0.1, 0.15) is 16.3 Å². The molecule has 0 spiro atoms. The summed E-state index contributed by atoms with van der Waals surface area (Å²) < 4.78 is 17.7. The molecular weight excluding hydrogens is 262 g/mol. The summed E-state index contributed by atoms with van der Waals surface area (Å²) in [5.41, 5.74) is 7.37. The van der Waals surface area contributed by atoms with E-state index in [2.05, 4.69) is 11.1 Å². The van der Waals surface area contributed by atoms with Gasteiger partial charge in [-0.15, -0.1) is 0 Å². The number of benzene rings is 1. The number of nitrogens with two attached hydrogens (primary N) is 1. The van der Waals surface area contributed by atoms with E-state index in [9.17, 15) is 4.21 Å². The van der Waals surface area contributed by atoms with Gasteiger partial charge in [0.25, 0.3) is 5.22 Å². The molecule has 0 bridgehead atoms.